The SMILES string of the molecule is CCOc1ccc(C(O)=C2C(=O)C(=O)N(CCN(C)C)[C@@H]2c2ccc(OCC)c(OC)c2)cc1. The van der Waals surface area contributed by atoms with E-state index < -0.39 is 17.7 Å². The van der Waals surface area contributed by atoms with Crippen molar-refractivity contribution in [3.05, 3.63) is 59.2 Å². The normalized spacial score (nSPS) is 17.4. The fourth-order valence-electron chi connectivity index (χ4n) is 3.93. The summed E-state index contributed by atoms with van der Waals surface area (Å²) in [6.07, 6.45) is 0. The van der Waals surface area contributed by atoms with Crippen LogP contribution in [0.1, 0.15) is 31.0 Å². The van der Waals surface area contributed by atoms with Gasteiger partial charge in [0.2, 0.25) is 0 Å². The maximum Gasteiger partial charge on any atom is 0.295 e. The van der Waals surface area contributed by atoms with Crippen LogP contribution in [-0.2, 0) is 9.59 Å². The molecule has 182 valence electrons. The molecule has 1 heterocycles. The van der Waals surface area contributed by atoms with Gasteiger partial charge in [0.25, 0.3) is 11.7 Å². The minimum atomic E-state index is -0.768. The van der Waals surface area contributed by atoms with Crippen molar-refractivity contribution in [3.63, 3.8) is 0 Å². The molecule has 0 unspecified atom stereocenters. The second-order valence-corrected chi connectivity index (χ2v) is 8.10. The van der Waals surface area contributed by atoms with Gasteiger partial charge >= 0.3 is 0 Å². The number of hydrogen-bond donors (Lipinski definition) is 1. The molecule has 0 saturated carbocycles. The van der Waals surface area contributed by atoms with E-state index in [2.05, 4.69) is 0 Å². The Morgan fingerprint density at radius 2 is 1.68 bits per heavy atom. The first-order valence-corrected chi connectivity index (χ1v) is 11.3. The summed E-state index contributed by atoms with van der Waals surface area (Å²) in [5, 5.41) is 11.2. The number of aliphatic hydroxyl groups excluding tert-OH is 1. The van der Waals surface area contributed by atoms with Crippen molar-refractivity contribution in [1.82, 2.24) is 9.80 Å². The molecule has 34 heavy (non-hydrogen) atoms. The van der Waals surface area contributed by atoms with Crippen LogP contribution in [0.5, 0.6) is 17.2 Å². The van der Waals surface area contributed by atoms with E-state index in [0.29, 0.717) is 54.7 Å². The highest BCUT2D eigenvalue weighted by Crippen LogP contribution is 2.42. The van der Waals surface area contributed by atoms with Crippen LogP contribution in [0.2, 0.25) is 0 Å². The molecular formula is C26H32N2O6. The largest absolute Gasteiger partial charge is 0.507 e. The number of amides is 1. The minimum Gasteiger partial charge on any atom is -0.507 e. The van der Waals surface area contributed by atoms with Crippen LogP contribution in [0, 0.1) is 0 Å². The molecule has 1 aliphatic rings. The van der Waals surface area contributed by atoms with Crippen LogP contribution in [0.3, 0.4) is 0 Å². The van der Waals surface area contributed by atoms with Crippen molar-refractivity contribution in [2.24, 2.45) is 0 Å². The van der Waals surface area contributed by atoms with Gasteiger partial charge in [0.15, 0.2) is 11.5 Å². The number of benzene rings is 2. The van der Waals surface area contributed by atoms with E-state index in [4.69, 9.17) is 14.2 Å². The Kier molecular flexibility index (Phi) is 8.17. The van der Waals surface area contributed by atoms with E-state index in [1.165, 1.54) is 12.0 Å². The Morgan fingerprint density at radius 1 is 1.00 bits per heavy atom. The number of ketones is 1. The second kappa shape index (κ2) is 11.1. The maximum absolute atomic E-state index is 13.1. The fourth-order valence-corrected chi connectivity index (χ4v) is 3.93. The lowest BCUT2D eigenvalue weighted by molar-refractivity contribution is -0.140. The van der Waals surface area contributed by atoms with Crippen LogP contribution in [0.4, 0.5) is 0 Å². The molecule has 1 atom stereocenters. The highest BCUT2D eigenvalue weighted by atomic mass is 16.5. The lowest BCUT2D eigenvalue weighted by Crippen LogP contribution is -2.35. The smallest absolute Gasteiger partial charge is 0.295 e. The average molecular weight is 469 g/mol. The van der Waals surface area contributed by atoms with Gasteiger partial charge in [-0.2, -0.15) is 0 Å². The lowest BCUT2D eigenvalue weighted by atomic mass is 9.95. The molecule has 0 bridgehead atoms. The maximum atomic E-state index is 13.1. The van der Waals surface area contributed by atoms with E-state index in [0.717, 1.165) is 0 Å². The summed E-state index contributed by atoms with van der Waals surface area (Å²) in [5.74, 6) is 0.101. The number of rotatable bonds is 10. The molecule has 8 nitrogen and oxygen atoms in total. The quantitative estimate of drug-likeness (QED) is 0.324. The molecule has 0 spiro atoms. The first-order valence-electron chi connectivity index (χ1n) is 11.3. The lowest BCUT2D eigenvalue weighted by Gasteiger charge is -2.27. The molecule has 8 heteroatoms. The second-order valence-electron chi connectivity index (χ2n) is 8.10. The topological polar surface area (TPSA) is 88.5 Å². The van der Waals surface area contributed by atoms with Crippen LogP contribution in [0.15, 0.2) is 48.0 Å². The predicted molar refractivity (Wildman–Crippen MR) is 129 cm³/mol. The minimum absolute atomic E-state index is 0.0409. The van der Waals surface area contributed by atoms with Gasteiger partial charge in [-0.25, -0.2) is 0 Å². The van der Waals surface area contributed by atoms with E-state index in [1.54, 1.807) is 42.5 Å². The van der Waals surface area contributed by atoms with E-state index in [9.17, 15) is 14.7 Å². The Labute approximate surface area is 200 Å². The molecule has 1 saturated heterocycles. The number of aliphatic hydroxyl groups is 1. The third kappa shape index (κ3) is 5.17. The average Bonchev–Trinajstić information content (AvgIpc) is 3.08. The molecule has 1 fully saturated rings. The van der Waals surface area contributed by atoms with Gasteiger partial charge in [0.1, 0.15) is 11.5 Å². The van der Waals surface area contributed by atoms with Crippen molar-refractivity contribution in [2.45, 2.75) is 19.9 Å². The highest BCUT2D eigenvalue weighted by molar-refractivity contribution is 6.46. The van der Waals surface area contributed by atoms with Gasteiger partial charge in [-0.15, -0.1) is 0 Å². The number of likely N-dealkylation sites (tertiary alicyclic amines) is 1. The highest BCUT2D eigenvalue weighted by Gasteiger charge is 2.46. The molecule has 1 aliphatic heterocycles. The number of Topliss-reactive ketones (excluding diaryl/α,β-unsaturated/α-hetero) is 1. The molecule has 1 amide bonds. The summed E-state index contributed by atoms with van der Waals surface area (Å²) in [7, 11) is 5.32. The molecular weight excluding hydrogens is 436 g/mol. The van der Waals surface area contributed by atoms with Gasteiger partial charge in [-0.05, 0) is 69.9 Å². The van der Waals surface area contributed by atoms with Crippen molar-refractivity contribution < 1.29 is 28.9 Å². The molecule has 1 N–H and O–H groups in total. The number of carbonyl (C=O) groups is 2. The predicted octanol–water partition coefficient (Wildman–Crippen LogP) is 3.48. The third-order valence-electron chi connectivity index (χ3n) is 5.57. The molecule has 2 aromatic rings. The monoisotopic (exact) mass is 468 g/mol. The van der Waals surface area contributed by atoms with Gasteiger partial charge < -0.3 is 29.1 Å². The van der Waals surface area contributed by atoms with Crippen LogP contribution in [-0.4, -0.2) is 74.1 Å². The van der Waals surface area contributed by atoms with Gasteiger partial charge in [0, 0.05) is 18.7 Å². The first-order chi connectivity index (χ1) is 16.3. The standard InChI is InChI=1S/C26H32N2O6/c1-6-33-19-11-8-17(9-12-19)24(29)22-23(28(15-14-27(3)4)26(31)25(22)30)18-10-13-20(34-7-2)21(16-18)32-5/h8-13,16,23,29H,6-7,14-15H2,1-5H3/t23-/m1/s1. The van der Waals surface area contributed by atoms with Crippen LogP contribution in [0.25, 0.3) is 5.76 Å². The summed E-state index contributed by atoms with van der Waals surface area (Å²) in [4.78, 5) is 29.6. The van der Waals surface area contributed by atoms with Gasteiger partial charge in [-0.1, -0.05) is 6.07 Å². The number of methoxy groups -OCH3 is 1. The molecule has 0 aromatic heterocycles. The number of likely N-dealkylation sites (N-methyl/N-ethyl adjacent to an activating group) is 1. The van der Waals surface area contributed by atoms with E-state index in [-0.39, 0.29) is 11.3 Å². The van der Waals surface area contributed by atoms with Crippen LogP contribution >= 0.6 is 0 Å². The van der Waals surface area contributed by atoms with Gasteiger partial charge in [-0.3, -0.25) is 9.59 Å². The molecule has 3 rings (SSSR count). The number of ether oxygens (including phenoxy) is 3. The first kappa shape index (κ1) is 25.1. The van der Waals surface area contributed by atoms with E-state index >= 15 is 0 Å². The van der Waals surface area contributed by atoms with Crippen molar-refractivity contribution in [1.29, 1.82) is 0 Å². The summed E-state index contributed by atoms with van der Waals surface area (Å²) in [6.45, 7) is 5.61. The molecule has 2 aromatic carbocycles. The summed E-state index contributed by atoms with van der Waals surface area (Å²) >= 11 is 0. The van der Waals surface area contributed by atoms with Crippen molar-refractivity contribution in [2.75, 3.05) is 47.5 Å². The Bertz CT molecular complexity index is 1060. The number of carbonyl (C=O) groups excluding carboxylic acids is 2. The zero-order valence-electron chi connectivity index (χ0n) is 20.3. The molecule has 0 aliphatic carbocycles. The van der Waals surface area contributed by atoms with E-state index in [1.807, 2.05) is 32.8 Å². The van der Waals surface area contributed by atoms with Gasteiger partial charge in [0.05, 0.1) is 31.9 Å². The van der Waals surface area contributed by atoms with Crippen molar-refractivity contribution >= 4 is 17.4 Å². The summed E-state index contributed by atoms with van der Waals surface area (Å²) in [5.41, 5.74) is 1.11. The molecule has 0 radical (unpaired) electrons. The number of hydrogen-bond acceptors (Lipinski definition) is 7. The Hall–Kier alpha value is -3.52. The van der Waals surface area contributed by atoms with Crippen molar-refractivity contribution in [3.8, 4) is 17.2 Å². The Morgan fingerprint density at radius 3 is 2.26 bits per heavy atom. The Balaban J connectivity index is 2.13. The van der Waals surface area contributed by atoms with Crippen LogP contribution < -0.4 is 14.2 Å². The summed E-state index contributed by atoms with van der Waals surface area (Å²) < 4.78 is 16.6. The number of nitrogens with zero attached hydrogens (tertiary/aromatic N) is 2. The zero-order valence-corrected chi connectivity index (χ0v) is 20.3. The third-order valence-corrected chi connectivity index (χ3v) is 5.57. The summed E-state index contributed by atoms with van der Waals surface area (Å²) in [6, 6.07) is 11.3. The fraction of sp³-hybridized carbons (Fsp3) is 0.385. The zero-order chi connectivity index (χ0) is 24.8.